The first-order valence-corrected chi connectivity index (χ1v) is 14.1. The molecule has 0 saturated heterocycles. The molecule has 0 spiro atoms. The summed E-state index contributed by atoms with van der Waals surface area (Å²) in [6.07, 6.45) is 0. The van der Waals surface area contributed by atoms with Gasteiger partial charge in [0.15, 0.2) is 5.78 Å². The summed E-state index contributed by atoms with van der Waals surface area (Å²) >= 11 is 19.8. The molecule has 12 heteroatoms. The summed E-state index contributed by atoms with van der Waals surface area (Å²) in [4.78, 5) is 54.8. The van der Waals surface area contributed by atoms with Crippen molar-refractivity contribution < 1.29 is 23.9 Å². The molecule has 0 aromatic heterocycles. The van der Waals surface area contributed by atoms with E-state index in [1.807, 2.05) is 0 Å². The fraction of sp³-hybridized carbons (Fsp3) is 0.120. The van der Waals surface area contributed by atoms with Crippen molar-refractivity contribution >= 4 is 98.8 Å². The van der Waals surface area contributed by atoms with Crippen molar-refractivity contribution in [3.63, 3.8) is 0 Å². The predicted octanol–water partition coefficient (Wildman–Crippen LogP) is 7.32. The van der Waals surface area contributed by atoms with Crippen LogP contribution in [0.4, 0.5) is 0 Å². The monoisotopic (exact) mass is 774 g/mol. The Morgan fingerprint density at radius 3 is 1.86 bits per heavy atom. The highest BCUT2D eigenvalue weighted by atomic mass is 79.9. The fourth-order valence-corrected chi connectivity index (χ4v) is 6.51. The lowest BCUT2D eigenvalue weighted by atomic mass is 10.0. The lowest BCUT2D eigenvalue weighted by Crippen LogP contribution is -2.56. The van der Waals surface area contributed by atoms with Crippen molar-refractivity contribution in [3.05, 3.63) is 93.7 Å². The number of hydrazine groups is 1. The molecule has 1 heterocycles. The number of imide groups is 1. The Labute approximate surface area is 250 Å². The summed E-state index contributed by atoms with van der Waals surface area (Å²) in [6, 6.07) is 11.2. The molecule has 4 rings (SSSR count). The van der Waals surface area contributed by atoms with Crippen LogP contribution in [0.2, 0.25) is 5.02 Å². The van der Waals surface area contributed by atoms with Crippen LogP contribution in [0.25, 0.3) is 0 Å². The maximum Gasteiger partial charge on any atom is 0.282 e. The van der Waals surface area contributed by atoms with Gasteiger partial charge in [0.2, 0.25) is 0 Å². The number of hydrogen-bond acceptors (Lipinski definition) is 5. The van der Waals surface area contributed by atoms with E-state index in [2.05, 4.69) is 63.7 Å². The molecule has 0 fully saturated rings. The van der Waals surface area contributed by atoms with Gasteiger partial charge in [-0.15, -0.1) is 0 Å². The minimum Gasteiger partial charge on any atom is -0.497 e. The molecule has 190 valence electrons. The molecule has 7 nitrogen and oxygen atoms in total. The van der Waals surface area contributed by atoms with Gasteiger partial charge in [-0.25, -0.2) is 5.01 Å². The lowest BCUT2D eigenvalue weighted by Gasteiger charge is -2.34. The number of benzene rings is 3. The van der Waals surface area contributed by atoms with E-state index in [1.165, 1.54) is 26.2 Å². The van der Waals surface area contributed by atoms with Gasteiger partial charge in [-0.2, -0.15) is 5.01 Å². The van der Waals surface area contributed by atoms with E-state index < -0.39 is 29.5 Å². The van der Waals surface area contributed by atoms with Crippen LogP contribution in [-0.4, -0.2) is 46.7 Å². The fourth-order valence-electron chi connectivity index (χ4n) is 3.84. The van der Waals surface area contributed by atoms with Crippen molar-refractivity contribution in [2.75, 3.05) is 7.11 Å². The lowest BCUT2D eigenvalue weighted by molar-refractivity contribution is -0.00684. The number of hydrogen-bond donors (Lipinski definition) is 0. The quantitative estimate of drug-likeness (QED) is 0.113. The van der Waals surface area contributed by atoms with Gasteiger partial charge >= 0.3 is 0 Å². The number of nitrogens with zero attached hydrogens (tertiary/aromatic N) is 2. The van der Waals surface area contributed by atoms with Crippen LogP contribution >= 0.6 is 75.3 Å². The van der Waals surface area contributed by atoms with E-state index in [4.69, 9.17) is 16.3 Å². The van der Waals surface area contributed by atoms with Crippen molar-refractivity contribution in [2.24, 2.45) is 0 Å². The van der Waals surface area contributed by atoms with E-state index in [0.717, 1.165) is 5.01 Å². The van der Waals surface area contributed by atoms with Gasteiger partial charge in [0.1, 0.15) is 11.8 Å². The highest BCUT2D eigenvalue weighted by Gasteiger charge is 2.48. The highest BCUT2D eigenvalue weighted by Crippen LogP contribution is 2.46. The molecule has 1 aliphatic heterocycles. The van der Waals surface area contributed by atoms with E-state index in [-0.39, 0.29) is 27.3 Å². The molecule has 0 N–H and O–H groups in total. The number of carbonyl (C=O) groups is 4. The summed E-state index contributed by atoms with van der Waals surface area (Å²) in [7, 11) is 1.50. The van der Waals surface area contributed by atoms with Crippen molar-refractivity contribution in [1.29, 1.82) is 0 Å². The minimum absolute atomic E-state index is 0.0237. The van der Waals surface area contributed by atoms with Crippen LogP contribution in [0.3, 0.4) is 0 Å². The standard InChI is InChI=1S/C25H15Br4ClN2O5/c1-11(22(33)12-7-9-13(37-2)10-8-12)31(23(34)14-5-3-4-6-15(14)30)32-24(35)16-17(25(32)36)19(27)21(29)20(28)18(16)26/h3-11H,1-2H3/t11-/m1/s1. The summed E-state index contributed by atoms with van der Waals surface area (Å²) in [6.45, 7) is 1.45. The maximum absolute atomic E-state index is 13.9. The second-order valence-electron chi connectivity index (χ2n) is 7.83. The van der Waals surface area contributed by atoms with Crippen LogP contribution in [0.15, 0.2) is 66.4 Å². The second-order valence-corrected chi connectivity index (χ2v) is 11.4. The van der Waals surface area contributed by atoms with Crippen molar-refractivity contribution in [2.45, 2.75) is 13.0 Å². The third-order valence-electron chi connectivity index (χ3n) is 5.73. The molecular weight excluding hydrogens is 763 g/mol. The Kier molecular flexibility index (Phi) is 8.30. The molecule has 0 unspecified atom stereocenters. The number of ether oxygens (including phenoxy) is 1. The first kappa shape index (κ1) is 28.0. The van der Waals surface area contributed by atoms with Gasteiger partial charge in [-0.3, -0.25) is 19.2 Å². The van der Waals surface area contributed by atoms with Crippen molar-refractivity contribution in [1.82, 2.24) is 10.0 Å². The number of Topliss-reactive ketones (excluding diaryl/α,β-unsaturated/α-hetero) is 1. The summed E-state index contributed by atoms with van der Waals surface area (Å²) in [5.74, 6) is -2.31. The molecular formula is C25H15Br4ClN2O5. The second kappa shape index (κ2) is 11.0. The highest BCUT2D eigenvalue weighted by molar-refractivity contribution is 9.15. The smallest absolute Gasteiger partial charge is 0.282 e. The van der Waals surface area contributed by atoms with E-state index in [9.17, 15) is 19.2 Å². The average molecular weight is 778 g/mol. The summed E-state index contributed by atoms with van der Waals surface area (Å²) < 4.78 is 6.77. The first-order valence-electron chi connectivity index (χ1n) is 10.5. The molecule has 3 aromatic rings. The third-order valence-corrected chi connectivity index (χ3v) is 10.8. The van der Waals surface area contributed by atoms with Gasteiger partial charge in [0, 0.05) is 23.5 Å². The van der Waals surface area contributed by atoms with E-state index in [1.54, 1.807) is 36.4 Å². The van der Waals surface area contributed by atoms with Gasteiger partial charge in [0.05, 0.1) is 28.8 Å². The zero-order valence-electron chi connectivity index (χ0n) is 19.0. The number of carbonyl (C=O) groups excluding carboxylic acids is 4. The van der Waals surface area contributed by atoms with Crippen LogP contribution in [-0.2, 0) is 0 Å². The Morgan fingerprint density at radius 1 is 0.865 bits per heavy atom. The van der Waals surface area contributed by atoms with Crippen LogP contribution < -0.4 is 4.74 Å². The van der Waals surface area contributed by atoms with Gasteiger partial charge in [-0.1, -0.05) is 23.7 Å². The number of halogens is 5. The molecule has 0 radical (unpaired) electrons. The zero-order valence-corrected chi connectivity index (χ0v) is 26.1. The molecule has 1 atom stereocenters. The van der Waals surface area contributed by atoms with E-state index in [0.29, 0.717) is 28.6 Å². The number of methoxy groups -OCH3 is 1. The summed E-state index contributed by atoms with van der Waals surface area (Å²) in [5.41, 5.74) is 0.353. The SMILES string of the molecule is COc1ccc(C(=O)[C@@H](C)N(C(=O)c2ccccc2Cl)N2C(=O)c3c(Br)c(Br)c(Br)c(Br)c3C2=O)cc1. The largest absolute Gasteiger partial charge is 0.497 e. The number of ketones is 1. The van der Waals surface area contributed by atoms with Crippen LogP contribution in [0.1, 0.15) is 48.4 Å². The summed E-state index contributed by atoms with van der Waals surface area (Å²) in [5, 5.41) is 1.65. The molecule has 0 saturated carbocycles. The predicted molar refractivity (Wildman–Crippen MR) is 152 cm³/mol. The minimum atomic E-state index is -1.26. The Hall–Kier alpha value is -2.05. The van der Waals surface area contributed by atoms with Crippen molar-refractivity contribution in [3.8, 4) is 5.75 Å². The maximum atomic E-state index is 13.9. The molecule has 0 bridgehead atoms. The van der Waals surface area contributed by atoms with Crippen LogP contribution in [0.5, 0.6) is 5.75 Å². The van der Waals surface area contributed by atoms with E-state index >= 15 is 0 Å². The van der Waals surface area contributed by atoms with Gasteiger partial charge in [0.25, 0.3) is 17.7 Å². The topological polar surface area (TPSA) is 84.0 Å². The number of fused-ring (bicyclic) bond motifs is 1. The average Bonchev–Trinajstić information content (AvgIpc) is 3.16. The molecule has 3 aromatic carbocycles. The molecule has 37 heavy (non-hydrogen) atoms. The normalized spacial score (nSPS) is 13.4. The Morgan fingerprint density at radius 2 is 1.38 bits per heavy atom. The number of amides is 3. The third kappa shape index (κ3) is 4.80. The Balaban J connectivity index is 1.87. The molecule has 3 amide bonds. The van der Waals surface area contributed by atoms with Crippen LogP contribution in [0, 0.1) is 0 Å². The van der Waals surface area contributed by atoms with Gasteiger partial charge < -0.3 is 4.74 Å². The first-order chi connectivity index (χ1) is 17.5. The molecule has 1 aliphatic rings. The number of rotatable bonds is 6. The molecule has 0 aliphatic carbocycles. The Bertz CT molecular complexity index is 1430. The zero-order chi connectivity index (χ0) is 27.2. The van der Waals surface area contributed by atoms with Gasteiger partial charge in [-0.05, 0) is 107 Å².